The number of thioether (sulfide) groups is 1. The van der Waals surface area contributed by atoms with E-state index in [-0.39, 0.29) is 0 Å². The Hall–Kier alpha value is -0.780. The van der Waals surface area contributed by atoms with Gasteiger partial charge in [-0.2, -0.15) is 0 Å². The number of halogens is 2. The Morgan fingerprint density at radius 1 is 1.33 bits per heavy atom. The van der Waals surface area contributed by atoms with Crippen LogP contribution in [0.5, 0.6) is 0 Å². The highest BCUT2D eigenvalue weighted by Gasteiger charge is 2.05. The van der Waals surface area contributed by atoms with Gasteiger partial charge < -0.3 is 5.73 Å². The molecule has 0 aliphatic heterocycles. The second-order valence-corrected chi connectivity index (χ2v) is 6.01. The minimum Gasteiger partial charge on any atom is -0.384 e. The van der Waals surface area contributed by atoms with Gasteiger partial charge in [-0.3, -0.25) is 0 Å². The van der Waals surface area contributed by atoms with Crippen molar-refractivity contribution in [1.29, 1.82) is 0 Å². The van der Waals surface area contributed by atoms with Crippen LogP contribution in [-0.4, -0.2) is 9.97 Å². The summed E-state index contributed by atoms with van der Waals surface area (Å²) in [7, 11) is 0. The highest BCUT2D eigenvalue weighted by molar-refractivity contribution is 9.10. The SMILES string of the molecule is Cc1cc(N)nc(SCc2ccc(Br)cc2Cl)n1. The fourth-order valence-corrected chi connectivity index (χ4v) is 3.14. The van der Waals surface area contributed by atoms with Gasteiger partial charge in [0.05, 0.1) is 0 Å². The van der Waals surface area contributed by atoms with Gasteiger partial charge in [-0.15, -0.1) is 0 Å². The number of nitrogen functional groups attached to an aromatic ring is 1. The first-order valence-corrected chi connectivity index (χ1v) is 7.38. The van der Waals surface area contributed by atoms with Crippen LogP contribution in [0.15, 0.2) is 33.9 Å². The molecule has 2 rings (SSSR count). The molecule has 3 nitrogen and oxygen atoms in total. The zero-order chi connectivity index (χ0) is 13.1. The highest BCUT2D eigenvalue weighted by Crippen LogP contribution is 2.27. The average Bonchev–Trinajstić information content (AvgIpc) is 2.26. The van der Waals surface area contributed by atoms with E-state index in [0.29, 0.717) is 11.0 Å². The lowest BCUT2D eigenvalue weighted by molar-refractivity contribution is 0.940. The smallest absolute Gasteiger partial charge is 0.190 e. The quantitative estimate of drug-likeness (QED) is 0.673. The number of rotatable bonds is 3. The van der Waals surface area contributed by atoms with Gasteiger partial charge in [0.15, 0.2) is 5.16 Å². The Bertz CT molecular complexity index is 557. The number of benzene rings is 1. The molecule has 94 valence electrons. The van der Waals surface area contributed by atoms with Crippen LogP contribution < -0.4 is 5.73 Å². The fraction of sp³-hybridized carbons (Fsp3) is 0.167. The summed E-state index contributed by atoms with van der Waals surface area (Å²) in [5.41, 5.74) is 7.60. The normalized spacial score (nSPS) is 10.6. The maximum absolute atomic E-state index is 6.15. The van der Waals surface area contributed by atoms with Gasteiger partial charge in [0.1, 0.15) is 5.82 Å². The fourth-order valence-electron chi connectivity index (χ4n) is 1.41. The van der Waals surface area contributed by atoms with Crippen LogP contribution in [0.2, 0.25) is 5.02 Å². The third-order valence-corrected chi connectivity index (χ3v) is 3.97. The van der Waals surface area contributed by atoms with Crippen molar-refractivity contribution in [1.82, 2.24) is 9.97 Å². The number of anilines is 1. The average molecular weight is 345 g/mol. The van der Waals surface area contributed by atoms with E-state index in [1.807, 2.05) is 25.1 Å². The summed E-state index contributed by atoms with van der Waals surface area (Å²) in [5.74, 6) is 1.21. The molecule has 2 N–H and O–H groups in total. The molecule has 0 amide bonds. The standard InChI is InChI=1S/C12H11BrClN3S/c1-7-4-11(15)17-12(16-7)18-6-8-2-3-9(13)5-10(8)14/h2-5H,6H2,1H3,(H2,15,16,17). The summed E-state index contributed by atoms with van der Waals surface area (Å²) in [5, 5.41) is 1.41. The van der Waals surface area contributed by atoms with Gasteiger partial charge >= 0.3 is 0 Å². The lowest BCUT2D eigenvalue weighted by Crippen LogP contribution is -1.96. The lowest BCUT2D eigenvalue weighted by Gasteiger charge is -2.05. The summed E-state index contributed by atoms with van der Waals surface area (Å²) in [6.07, 6.45) is 0. The van der Waals surface area contributed by atoms with E-state index in [1.54, 1.807) is 6.07 Å². The third kappa shape index (κ3) is 3.60. The van der Waals surface area contributed by atoms with E-state index in [2.05, 4.69) is 25.9 Å². The maximum Gasteiger partial charge on any atom is 0.190 e. The van der Waals surface area contributed by atoms with Crippen LogP contribution >= 0.6 is 39.3 Å². The summed E-state index contributed by atoms with van der Waals surface area (Å²) < 4.78 is 0.970. The first-order chi connectivity index (χ1) is 8.54. The molecule has 0 saturated heterocycles. The lowest BCUT2D eigenvalue weighted by atomic mass is 10.2. The minimum atomic E-state index is 0.493. The molecular weight excluding hydrogens is 334 g/mol. The first-order valence-electron chi connectivity index (χ1n) is 5.22. The van der Waals surface area contributed by atoms with Gasteiger partial charge in [-0.1, -0.05) is 45.4 Å². The largest absolute Gasteiger partial charge is 0.384 e. The Kier molecular flexibility index (Phi) is 4.48. The molecule has 1 aromatic heterocycles. The van der Waals surface area contributed by atoms with E-state index in [0.717, 1.165) is 26.5 Å². The Morgan fingerprint density at radius 2 is 2.11 bits per heavy atom. The van der Waals surface area contributed by atoms with Crippen molar-refractivity contribution in [2.75, 3.05) is 5.73 Å². The monoisotopic (exact) mass is 343 g/mol. The molecule has 6 heteroatoms. The first kappa shape index (κ1) is 13.6. The number of nitrogens with two attached hydrogens (primary N) is 1. The molecule has 18 heavy (non-hydrogen) atoms. The molecule has 0 radical (unpaired) electrons. The molecule has 0 atom stereocenters. The van der Waals surface area contributed by atoms with Crippen molar-refractivity contribution < 1.29 is 0 Å². The van der Waals surface area contributed by atoms with Gasteiger partial charge in [0, 0.05) is 27.0 Å². The summed E-state index contributed by atoms with van der Waals surface area (Å²) in [6.45, 7) is 1.90. The highest BCUT2D eigenvalue weighted by atomic mass is 79.9. The van der Waals surface area contributed by atoms with Gasteiger partial charge in [0.2, 0.25) is 0 Å². The maximum atomic E-state index is 6.15. The predicted molar refractivity (Wildman–Crippen MR) is 79.9 cm³/mol. The van der Waals surface area contributed by atoms with Crippen LogP contribution in [-0.2, 0) is 5.75 Å². The molecule has 0 saturated carbocycles. The molecule has 2 aromatic rings. The Balaban J connectivity index is 2.11. The summed E-state index contributed by atoms with van der Waals surface area (Å²) in [6, 6.07) is 7.57. The molecule has 0 bridgehead atoms. The van der Waals surface area contributed by atoms with Crippen molar-refractivity contribution in [2.45, 2.75) is 17.8 Å². The molecule has 1 heterocycles. The second kappa shape index (κ2) is 5.91. The zero-order valence-corrected chi connectivity index (χ0v) is 12.8. The molecular formula is C12H11BrClN3S. The van der Waals surface area contributed by atoms with Crippen LogP contribution in [0.3, 0.4) is 0 Å². The van der Waals surface area contributed by atoms with Crippen LogP contribution in [0.4, 0.5) is 5.82 Å². The number of aryl methyl sites for hydroxylation is 1. The Labute approximate surface area is 123 Å². The van der Waals surface area contributed by atoms with Crippen LogP contribution in [0.1, 0.15) is 11.3 Å². The molecule has 0 aliphatic rings. The molecule has 1 aromatic carbocycles. The van der Waals surface area contributed by atoms with Crippen LogP contribution in [0.25, 0.3) is 0 Å². The number of aromatic nitrogens is 2. The Morgan fingerprint density at radius 3 is 2.78 bits per heavy atom. The van der Waals surface area contributed by atoms with E-state index in [4.69, 9.17) is 17.3 Å². The third-order valence-electron chi connectivity index (χ3n) is 2.23. The molecule has 0 fully saturated rings. The van der Waals surface area contributed by atoms with Crippen molar-refractivity contribution in [2.24, 2.45) is 0 Å². The molecule has 0 aliphatic carbocycles. The summed E-state index contributed by atoms with van der Waals surface area (Å²) in [4.78, 5) is 8.49. The van der Waals surface area contributed by atoms with Crippen molar-refractivity contribution in [3.63, 3.8) is 0 Å². The number of hydrogen-bond donors (Lipinski definition) is 1. The van der Waals surface area contributed by atoms with Crippen molar-refractivity contribution in [3.05, 3.63) is 45.0 Å². The zero-order valence-electron chi connectivity index (χ0n) is 9.65. The van der Waals surface area contributed by atoms with E-state index >= 15 is 0 Å². The van der Waals surface area contributed by atoms with E-state index in [1.165, 1.54) is 11.8 Å². The minimum absolute atomic E-state index is 0.493. The number of nitrogens with zero attached hydrogens (tertiary/aromatic N) is 2. The molecule has 0 unspecified atom stereocenters. The topological polar surface area (TPSA) is 51.8 Å². The van der Waals surface area contributed by atoms with Crippen LogP contribution in [0, 0.1) is 6.92 Å². The second-order valence-electron chi connectivity index (χ2n) is 3.74. The van der Waals surface area contributed by atoms with E-state index in [9.17, 15) is 0 Å². The van der Waals surface area contributed by atoms with Gasteiger partial charge in [-0.05, 0) is 24.6 Å². The van der Waals surface area contributed by atoms with E-state index < -0.39 is 0 Å². The van der Waals surface area contributed by atoms with Gasteiger partial charge in [-0.25, -0.2) is 9.97 Å². The number of hydrogen-bond acceptors (Lipinski definition) is 4. The van der Waals surface area contributed by atoms with Gasteiger partial charge in [0.25, 0.3) is 0 Å². The predicted octanol–water partition coefficient (Wildman–Crippen LogP) is 4.08. The summed E-state index contributed by atoms with van der Waals surface area (Å²) >= 11 is 11.0. The van der Waals surface area contributed by atoms with Crippen molar-refractivity contribution in [3.8, 4) is 0 Å². The van der Waals surface area contributed by atoms with Crippen molar-refractivity contribution >= 4 is 45.1 Å². The molecule has 0 spiro atoms.